The summed E-state index contributed by atoms with van der Waals surface area (Å²) >= 11 is 0. The lowest BCUT2D eigenvalue weighted by atomic mass is 10.0. The maximum absolute atomic E-state index is 12.6. The first-order valence-electron chi connectivity index (χ1n) is 4.77. The third-order valence-corrected chi connectivity index (χ3v) is 2.12. The topological polar surface area (TPSA) is 102 Å². The van der Waals surface area contributed by atoms with Crippen molar-refractivity contribution in [2.45, 2.75) is 18.4 Å². The van der Waals surface area contributed by atoms with Crippen molar-refractivity contribution in [2.24, 2.45) is 5.11 Å². The van der Waals surface area contributed by atoms with E-state index in [1.807, 2.05) is 0 Å². The van der Waals surface area contributed by atoms with E-state index >= 15 is 0 Å². The molecule has 0 aliphatic heterocycles. The zero-order valence-electron chi connectivity index (χ0n) is 8.91. The first-order chi connectivity index (χ1) is 8.38. The lowest BCUT2D eigenvalue weighted by molar-refractivity contribution is -0.143. The van der Waals surface area contributed by atoms with Crippen LogP contribution in [-0.4, -0.2) is 27.8 Å². The van der Waals surface area contributed by atoms with Crippen LogP contribution in [0.1, 0.15) is 17.4 Å². The van der Waals surface area contributed by atoms with Crippen LogP contribution >= 0.6 is 0 Å². The lowest BCUT2D eigenvalue weighted by Crippen LogP contribution is -2.24. The Morgan fingerprint density at radius 2 is 2.11 bits per heavy atom. The summed E-state index contributed by atoms with van der Waals surface area (Å²) in [4.78, 5) is 5.47. The fourth-order valence-corrected chi connectivity index (χ4v) is 1.32. The molecule has 1 heterocycles. The normalized spacial score (nSPS) is 14.7. The van der Waals surface area contributed by atoms with Gasteiger partial charge in [0.25, 0.3) is 0 Å². The van der Waals surface area contributed by atoms with Crippen molar-refractivity contribution in [3.8, 4) is 0 Å². The van der Waals surface area contributed by atoms with Gasteiger partial charge in [0.2, 0.25) is 0 Å². The van der Waals surface area contributed by atoms with E-state index in [4.69, 9.17) is 5.53 Å². The van der Waals surface area contributed by atoms with Crippen LogP contribution in [0.25, 0.3) is 10.4 Å². The number of nitrogens with zero attached hydrogens (tertiary/aromatic N) is 4. The minimum absolute atomic E-state index is 0.538. The molecule has 0 radical (unpaired) electrons. The summed E-state index contributed by atoms with van der Waals surface area (Å²) in [6, 6.07) is 2.20. The number of alkyl halides is 3. The Hall–Kier alpha value is -1.83. The summed E-state index contributed by atoms with van der Waals surface area (Å²) in [7, 11) is 0. The van der Waals surface area contributed by atoms with E-state index in [0.29, 0.717) is 0 Å². The first-order valence-corrected chi connectivity index (χ1v) is 4.77. The highest BCUT2D eigenvalue weighted by atomic mass is 19.4. The van der Waals surface area contributed by atoms with E-state index in [1.165, 1.54) is 6.07 Å². The molecule has 98 valence electrons. The minimum Gasteiger partial charge on any atom is -0.390 e. The number of aliphatic hydroxyl groups is 2. The van der Waals surface area contributed by atoms with E-state index in [9.17, 15) is 23.4 Å². The summed E-state index contributed by atoms with van der Waals surface area (Å²) < 4.78 is 37.8. The van der Waals surface area contributed by atoms with Crippen LogP contribution in [0.5, 0.6) is 0 Å². The molecule has 1 rings (SSSR count). The third kappa shape index (κ3) is 3.33. The fraction of sp³-hybridized carbons (Fsp3) is 0.444. The molecule has 0 aliphatic rings. The van der Waals surface area contributed by atoms with Gasteiger partial charge in [-0.2, -0.15) is 13.2 Å². The van der Waals surface area contributed by atoms with Gasteiger partial charge in [0.1, 0.15) is 11.8 Å². The molecule has 0 saturated carbocycles. The van der Waals surface area contributed by atoms with E-state index in [1.54, 1.807) is 0 Å². The van der Waals surface area contributed by atoms with Crippen LogP contribution in [-0.2, 0) is 6.18 Å². The predicted octanol–water partition coefficient (Wildman–Crippen LogP) is 1.80. The van der Waals surface area contributed by atoms with Gasteiger partial charge in [0.05, 0.1) is 12.6 Å². The largest absolute Gasteiger partial charge is 0.433 e. The number of azide groups is 1. The Morgan fingerprint density at radius 3 is 2.67 bits per heavy atom. The SMILES string of the molecule is [N-]=[N+]=NCC(O)C(O)c1cccnc1C(F)(F)F. The molecule has 1 aromatic heterocycles. The Kier molecular flexibility index (Phi) is 4.49. The predicted molar refractivity (Wildman–Crippen MR) is 54.2 cm³/mol. The molecule has 0 saturated heterocycles. The summed E-state index contributed by atoms with van der Waals surface area (Å²) in [6.07, 6.45) is -7.28. The van der Waals surface area contributed by atoms with Gasteiger partial charge in [-0.25, -0.2) is 0 Å². The number of hydrogen-bond donors (Lipinski definition) is 2. The lowest BCUT2D eigenvalue weighted by Gasteiger charge is -2.19. The second kappa shape index (κ2) is 5.67. The highest BCUT2D eigenvalue weighted by Gasteiger charge is 2.37. The van der Waals surface area contributed by atoms with Crippen LogP contribution in [0.2, 0.25) is 0 Å². The molecule has 0 bridgehead atoms. The second-order valence-corrected chi connectivity index (χ2v) is 3.36. The molecule has 0 amide bonds. The Balaban J connectivity index is 3.05. The number of aromatic nitrogens is 1. The summed E-state index contributed by atoms with van der Waals surface area (Å²) in [5, 5.41) is 21.9. The molecule has 2 N–H and O–H groups in total. The van der Waals surface area contributed by atoms with Crippen LogP contribution in [0.4, 0.5) is 13.2 Å². The average Bonchev–Trinajstić information content (AvgIpc) is 2.34. The Bertz CT molecular complexity index is 459. The van der Waals surface area contributed by atoms with Crippen LogP contribution < -0.4 is 0 Å². The first kappa shape index (κ1) is 14.2. The monoisotopic (exact) mass is 262 g/mol. The molecule has 0 aromatic carbocycles. The van der Waals surface area contributed by atoms with E-state index in [2.05, 4.69) is 15.0 Å². The van der Waals surface area contributed by atoms with Crippen molar-refractivity contribution in [2.75, 3.05) is 6.54 Å². The van der Waals surface area contributed by atoms with Crippen molar-refractivity contribution in [3.05, 3.63) is 40.0 Å². The number of aliphatic hydroxyl groups excluding tert-OH is 2. The molecule has 6 nitrogen and oxygen atoms in total. The molecular formula is C9H9F3N4O2. The van der Waals surface area contributed by atoms with Gasteiger partial charge in [-0.15, -0.1) is 0 Å². The number of rotatable bonds is 4. The van der Waals surface area contributed by atoms with Crippen LogP contribution in [0, 0.1) is 0 Å². The van der Waals surface area contributed by atoms with Crippen molar-refractivity contribution < 1.29 is 23.4 Å². The highest BCUT2D eigenvalue weighted by Crippen LogP contribution is 2.33. The van der Waals surface area contributed by atoms with Crippen molar-refractivity contribution in [1.82, 2.24) is 4.98 Å². The Labute approximate surface area is 99.3 Å². The summed E-state index contributed by atoms with van der Waals surface area (Å²) in [5.74, 6) is 0. The van der Waals surface area contributed by atoms with Crippen molar-refractivity contribution in [3.63, 3.8) is 0 Å². The molecule has 2 unspecified atom stereocenters. The second-order valence-electron chi connectivity index (χ2n) is 3.36. The van der Waals surface area contributed by atoms with E-state index < -0.39 is 36.2 Å². The van der Waals surface area contributed by atoms with Gasteiger partial charge in [-0.1, -0.05) is 11.2 Å². The molecule has 0 fully saturated rings. The number of pyridine rings is 1. The molecule has 2 atom stereocenters. The number of halogens is 3. The minimum atomic E-state index is -4.74. The van der Waals surface area contributed by atoms with E-state index in [-0.39, 0.29) is 0 Å². The molecule has 9 heteroatoms. The van der Waals surface area contributed by atoms with Gasteiger partial charge >= 0.3 is 6.18 Å². The van der Waals surface area contributed by atoms with Gasteiger partial charge < -0.3 is 10.2 Å². The molecular weight excluding hydrogens is 253 g/mol. The summed E-state index contributed by atoms with van der Waals surface area (Å²) in [5.41, 5.74) is 6.18. The van der Waals surface area contributed by atoms with Gasteiger partial charge in [0.15, 0.2) is 0 Å². The average molecular weight is 262 g/mol. The van der Waals surface area contributed by atoms with Crippen LogP contribution in [0.15, 0.2) is 23.4 Å². The highest BCUT2D eigenvalue weighted by molar-refractivity contribution is 5.25. The zero-order chi connectivity index (χ0) is 13.8. The maximum Gasteiger partial charge on any atom is 0.433 e. The van der Waals surface area contributed by atoms with Gasteiger partial charge in [-0.05, 0) is 11.6 Å². The molecule has 18 heavy (non-hydrogen) atoms. The fourth-order valence-electron chi connectivity index (χ4n) is 1.32. The standard InChI is InChI=1S/C9H9F3N4O2/c10-9(11,12)8-5(2-1-3-14-8)7(18)6(17)4-15-16-13/h1-3,6-7,17-18H,4H2. The smallest absolute Gasteiger partial charge is 0.390 e. The quantitative estimate of drug-likeness (QED) is 0.491. The molecule has 0 spiro atoms. The van der Waals surface area contributed by atoms with Crippen molar-refractivity contribution in [1.29, 1.82) is 0 Å². The maximum atomic E-state index is 12.6. The van der Waals surface area contributed by atoms with Crippen LogP contribution in [0.3, 0.4) is 0 Å². The number of hydrogen-bond acceptors (Lipinski definition) is 4. The Morgan fingerprint density at radius 1 is 1.44 bits per heavy atom. The van der Waals surface area contributed by atoms with Gasteiger partial charge in [-0.3, -0.25) is 4.98 Å². The molecule has 0 aliphatic carbocycles. The molecule has 1 aromatic rings. The van der Waals surface area contributed by atoms with Gasteiger partial charge in [0, 0.05) is 16.7 Å². The van der Waals surface area contributed by atoms with E-state index in [0.717, 1.165) is 12.3 Å². The zero-order valence-corrected chi connectivity index (χ0v) is 8.91. The third-order valence-electron chi connectivity index (χ3n) is 2.12. The summed E-state index contributed by atoms with van der Waals surface area (Å²) in [6.45, 7) is -0.538. The van der Waals surface area contributed by atoms with Crippen molar-refractivity contribution >= 4 is 0 Å².